The highest BCUT2D eigenvalue weighted by atomic mass is 16.2. The molecule has 5 nitrogen and oxygen atoms in total. The number of nitrogens with one attached hydrogen (secondary N) is 3. The van der Waals surface area contributed by atoms with Crippen LogP contribution in [0.15, 0.2) is 60.8 Å². The van der Waals surface area contributed by atoms with Crippen molar-refractivity contribution in [3.63, 3.8) is 0 Å². The number of hydrogen-bond donors (Lipinski definition) is 3. The maximum absolute atomic E-state index is 12.2. The van der Waals surface area contributed by atoms with Crippen LogP contribution in [0, 0.1) is 0 Å². The molecule has 0 aliphatic carbocycles. The molecule has 1 aromatic heterocycles. The highest BCUT2D eigenvalue weighted by Gasteiger charge is 2.11. The summed E-state index contributed by atoms with van der Waals surface area (Å²) in [5, 5.41) is 6.47. The number of aromatic amines is 1. The molecule has 1 heterocycles. The summed E-state index contributed by atoms with van der Waals surface area (Å²) >= 11 is 0. The van der Waals surface area contributed by atoms with Crippen LogP contribution >= 0.6 is 0 Å². The number of amides is 2. The van der Waals surface area contributed by atoms with E-state index >= 15 is 0 Å². The molecule has 0 spiro atoms. The molecule has 116 valence electrons. The summed E-state index contributed by atoms with van der Waals surface area (Å²) in [6.45, 7) is 0.749. The minimum atomic E-state index is -0.156. The topological polar surface area (TPSA) is 74.0 Å². The fourth-order valence-corrected chi connectivity index (χ4v) is 2.40. The van der Waals surface area contributed by atoms with Crippen LogP contribution in [0.1, 0.15) is 20.7 Å². The van der Waals surface area contributed by atoms with Gasteiger partial charge in [0, 0.05) is 35.8 Å². The lowest BCUT2D eigenvalue weighted by Crippen LogP contribution is -2.34. The van der Waals surface area contributed by atoms with Crippen LogP contribution in [-0.2, 0) is 0 Å². The number of carbonyl (C=O) groups excluding carboxylic acids is 2. The van der Waals surface area contributed by atoms with Gasteiger partial charge in [-0.25, -0.2) is 0 Å². The molecule has 5 heteroatoms. The first kappa shape index (κ1) is 14.8. The minimum absolute atomic E-state index is 0.146. The number of H-pyrrole nitrogens is 1. The highest BCUT2D eigenvalue weighted by Crippen LogP contribution is 2.17. The standard InChI is InChI=1S/C18H17N3O2/c22-17(13-6-2-1-3-7-13)19-10-11-20-18(23)15-12-21-16-9-5-4-8-14(15)16/h1-9,12,21H,10-11H2,(H,19,22)(H,20,23). The normalized spacial score (nSPS) is 10.4. The summed E-state index contributed by atoms with van der Waals surface area (Å²) in [4.78, 5) is 27.1. The summed E-state index contributed by atoms with van der Waals surface area (Å²) in [5.41, 5.74) is 2.14. The van der Waals surface area contributed by atoms with Gasteiger partial charge in [0.15, 0.2) is 0 Å². The van der Waals surface area contributed by atoms with E-state index in [9.17, 15) is 9.59 Å². The third kappa shape index (κ3) is 3.40. The zero-order valence-electron chi connectivity index (χ0n) is 12.5. The van der Waals surface area contributed by atoms with Crippen molar-refractivity contribution in [2.45, 2.75) is 0 Å². The number of fused-ring (bicyclic) bond motifs is 1. The SMILES string of the molecule is O=C(NCCNC(=O)c1c[nH]c2ccccc12)c1ccccc1. The molecule has 23 heavy (non-hydrogen) atoms. The van der Waals surface area contributed by atoms with Crippen LogP contribution in [0.5, 0.6) is 0 Å². The van der Waals surface area contributed by atoms with Gasteiger partial charge in [0.1, 0.15) is 0 Å². The second-order valence-corrected chi connectivity index (χ2v) is 5.13. The molecule has 0 aliphatic rings. The average Bonchev–Trinajstić information content (AvgIpc) is 3.03. The van der Waals surface area contributed by atoms with Gasteiger partial charge in [-0.05, 0) is 18.2 Å². The van der Waals surface area contributed by atoms with E-state index in [1.165, 1.54) is 0 Å². The molecule has 3 aromatic rings. The lowest BCUT2D eigenvalue weighted by Gasteiger charge is -2.07. The van der Waals surface area contributed by atoms with E-state index in [2.05, 4.69) is 15.6 Å². The molecule has 0 bridgehead atoms. The van der Waals surface area contributed by atoms with Crippen LogP contribution in [0.2, 0.25) is 0 Å². The summed E-state index contributed by atoms with van der Waals surface area (Å²) in [7, 11) is 0. The lowest BCUT2D eigenvalue weighted by molar-refractivity contribution is 0.0928. The Morgan fingerprint density at radius 1 is 0.826 bits per heavy atom. The fourth-order valence-electron chi connectivity index (χ4n) is 2.40. The predicted molar refractivity (Wildman–Crippen MR) is 89.4 cm³/mol. The van der Waals surface area contributed by atoms with E-state index in [1.807, 2.05) is 42.5 Å². The number of benzene rings is 2. The molecular formula is C18H17N3O2. The molecule has 3 rings (SSSR count). The van der Waals surface area contributed by atoms with Gasteiger partial charge in [-0.3, -0.25) is 9.59 Å². The Balaban J connectivity index is 1.51. The van der Waals surface area contributed by atoms with Crippen molar-refractivity contribution in [1.29, 1.82) is 0 Å². The third-order valence-electron chi connectivity index (χ3n) is 3.57. The molecule has 0 saturated carbocycles. The zero-order valence-corrected chi connectivity index (χ0v) is 12.5. The van der Waals surface area contributed by atoms with Crippen molar-refractivity contribution in [2.24, 2.45) is 0 Å². The van der Waals surface area contributed by atoms with Crippen LogP contribution in [-0.4, -0.2) is 29.9 Å². The smallest absolute Gasteiger partial charge is 0.253 e. The third-order valence-corrected chi connectivity index (χ3v) is 3.57. The Morgan fingerprint density at radius 2 is 1.48 bits per heavy atom. The molecular weight excluding hydrogens is 290 g/mol. The van der Waals surface area contributed by atoms with Crippen molar-refractivity contribution in [3.8, 4) is 0 Å². The van der Waals surface area contributed by atoms with Gasteiger partial charge >= 0.3 is 0 Å². The Bertz CT molecular complexity index is 824. The first-order valence-electron chi connectivity index (χ1n) is 7.43. The molecule has 3 N–H and O–H groups in total. The molecule has 0 unspecified atom stereocenters. The molecule has 0 aliphatic heterocycles. The van der Waals surface area contributed by atoms with Crippen LogP contribution < -0.4 is 10.6 Å². The quantitative estimate of drug-likeness (QED) is 0.633. The summed E-state index contributed by atoms with van der Waals surface area (Å²) in [6.07, 6.45) is 1.70. The fraction of sp³-hybridized carbons (Fsp3) is 0.111. The maximum atomic E-state index is 12.2. The molecule has 0 fully saturated rings. The largest absolute Gasteiger partial charge is 0.360 e. The monoisotopic (exact) mass is 307 g/mol. The van der Waals surface area contributed by atoms with E-state index in [1.54, 1.807) is 18.3 Å². The molecule has 0 saturated heterocycles. The van der Waals surface area contributed by atoms with E-state index < -0.39 is 0 Å². The number of rotatable bonds is 5. The van der Waals surface area contributed by atoms with E-state index in [0.29, 0.717) is 24.2 Å². The highest BCUT2D eigenvalue weighted by molar-refractivity contribution is 6.06. The Labute approximate surface area is 133 Å². The van der Waals surface area contributed by atoms with Gasteiger partial charge in [-0.2, -0.15) is 0 Å². The number of carbonyl (C=O) groups is 2. The Hall–Kier alpha value is -3.08. The summed E-state index contributed by atoms with van der Waals surface area (Å²) < 4.78 is 0. The molecule has 2 amide bonds. The van der Waals surface area contributed by atoms with Crippen LogP contribution in [0.3, 0.4) is 0 Å². The van der Waals surface area contributed by atoms with E-state index in [-0.39, 0.29) is 11.8 Å². The average molecular weight is 307 g/mol. The van der Waals surface area contributed by atoms with Crippen LogP contribution in [0.4, 0.5) is 0 Å². The number of aromatic nitrogens is 1. The van der Waals surface area contributed by atoms with Crippen molar-refractivity contribution < 1.29 is 9.59 Å². The van der Waals surface area contributed by atoms with Gasteiger partial charge in [0.2, 0.25) is 0 Å². The second-order valence-electron chi connectivity index (χ2n) is 5.13. The summed E-state index contributed by atoms with van der Waals surface area (Å²) in [6, 6.07) is 16.6. The predicted octanol–water partition coefficient (Wildman–Crippen LogP) is 2.33. The van der Waals surface area contributed by atoms with E-state index in [4.69, 9.17) is 0 Å². The minimum Gasteiger partial charge on any atom is -0.360 e. The number of para-hydroxylation sites is 1. The van der Waals surface area contributed by atoms with Crippen LogP contribution in [0.25, 0.3) is 10.9 Å². The van der Waals surface area contributed by atoms with Crippen molar-refractivity contribution in [1.82, 2.24) is 15.6 Å². The summed E-state index contributed by atoms with van der Waals surface area (Å²) in [5.74, 6) is -0.302. The first-order valence-corrected chi connectivity index (χ1v) is 7.43. The van der Waals surface area contributed by atoms with E-state index in [0.717, 1.165) is 10.9 Å². The molecule has 0 atom stereocenters. The Kier molecular flexibility index (Phi) is 4.38. The van der Waals surface area contributed by atoms with Gasteiger partial charge in [-0.15, -0.1) is 0 Å². The lowest BCUT2D eigenvalue weighted by atomic mass is 10.1. The number of hydrogen-bond acceptors (Lipinski definition) is 2. The maximum Gasteiger partial charge on any atom is 0.253 e. The zero-order chi connectivity index (χ0) is 16.1. The van der Waals surface area contributed by atoms with Gasteiger partial charge < -0.3 is 15.6 Å². The van der Waals surface area contributed by atoms with Gasteiger partial charge in [-0.1, -0.05) is 36.4 Å². The van der Waals surface area contributed by atoms with Gasteiger partial charge in [0.25, 0.3) is 11.8 Å². The molecule has 0 radical (unpaired) electrons. The first-order chi connectivity index (χ1) is 11.3. The van der Waals surface area contributed by atoms with Crippen molar-refractivity contribution in [2.75, 3.05) is 13.1 Å². The Morgan fingerprint density at radius 3 is 2.26 bits per heavy atom. The van der Waals surface area contributed by atoms with Gasteiger partial charge in [0.05, 0.1) is 5.56 Å². The van der Waals surface area contributed by atoms with Crippen molar-refractivity contribution in [3.05, 3.63) is 71.9 Å². The second kappa shape index (κ2) is 6.79. The molecule has 2 aromatic carbocycles. The van der Waals surface area contributed by atoms with Crippen molar-refractivity contribution >= 4 is 22.7 Å².